The van der Waals surface area contributed by atoms with Gasteiger partial charge in [0.25, 0.3) is 5.56 Å². The minimum Gasteiger partial charge on any atom is -0.481 e. The van der Waals surface area contributed by atoms with Crippen LogP contribution in [0.4, 0.5) is 0 Å². The van der Waals surface area contributed by atoms with Crippen molar-refractivity contribution in [3.63, 3.8) is 0 Å². The second-order valence-electron chi connectivity index (χ2n) is 7.44. The number of Topliss-reactive ketones (excluding diaryl/α,β-unsaturated/α-hetero) is 1. The number of nitrogens with zero attached hydrogens (tertiary/aromatic N) is 1. The number of nitrogens with one attached hydrogen (secondary N) is 1. The van der Waals surface area contributed by atoms with Gasteiger partial charge in [-0.1, -0.05) is 13.8 Å². The van der Waals surface area contributed by atoms with E-state index in [4.69, 9.17) is 4.74 Å². The summed E-state index contributed by atoms with van der Waals surface area (Å²) < 4.78 is 7.69. The summed E-state index contributed by atoms with van der Waals surface area (Å²) in [6.07, 6.45) is 3.30. The molecule has 3 aromatic rings. The molecule has 0 amide bonds. The van der Waals surface area contributed by atoms with E-state index in [-0.39, 0.29) is 30.3 Å². The SMILES string of the molecule is CC(C)C1Oc2c(cc(CO)cc2-c2cn(C)c(=O)c3[nH]ccc23)CC1=O. The summed E-state index contributed by atoms with van der Waals surface area (Å²) in [7, 11) is 1.70. The third-order valence-electron chi connectivity index (χ3n) is 5.12. The first-order valence-electron chi connectivity index (χ1n) is 9.03. The zero-order valence-electron chi connectivity index (χ0n) is 15.6. The molecule has 27 heavy (non-hydrogen) atoms. The number of aliphatic hydroxyl groups is 1. The Balaban J connectivity index is 2.01. The van der Waals surface area contributed by atoms with Crippen LogP contribution in [0.2, 0.25) is 0 Å². The molecular weight excluding hydrogens is 344 g/mol. The number of hydrogen-bond acceptors (Lipinski definition) is 4. The predicted octanol–water partition coefficient (Wildman–Crippen LogP) is 2.55. The van der Waals surface area contributed by atoms with Crippen molar-refractivity contribution >= 4 is 16.7 Å². The van der Waals surface area contributed by atoms with Gasteiger partial charge < -0.3 is 19.4 Å². The maximum atomic E-state index is 12.5. The highest BCUT2D eigenvalue weighted by atomic mass is 16.5. The van der Waals surface area contributed by atoms with E-state index >= 15 is 0 Å². The van der Waals surface area contributed by atoms with Crippen LogP contribution in [0, 0.1) is 5.92 Å². The predicted molar refractivity (Wildman–Crippen MR) is 103 cm³/mol. The number of fused-ring (bicyclic) bond motifs is 2. The Morgan fingerprint density at radius 2 is 2.07 bits per heavy atom. The zero-order chi connectivity index (χ0) is 19.3. The van der Waals surface area contributed by atoms with Crippen LogP contribution >= 0.6 is 0 Å². The molecule has 6 heteroatoms. The number of hydrogen-bond donors (Lipinski definition) is 2. The molecule has 4 rings (SSSR count). The van der Waals surface area contributed by atoms with Gasteiger partial charge in [-0.05, 0) is 29.7 Å². The number of H-pyrrole nitrogens is 1. The summed E-state index contributed by atoms with van der Waals surface area (Å²) in [5.74, 6) is 0.765. The van der Waals surface area contributed by atoms with Crippen molar-refractivity contribution in [2.75, 3.05) is 0 Å². The molecule has 1 aliphatic heterocycles. The number of aliphatic hydroxyl groups excluding tert-OH is 1. The number of ketones is 1. The molecule has 1 aromatic carbocycles. The number of aromatic nitrogens is 2. The van der Waals surface area contributed by atoms with Crippen molar-refractivity contribution in [1.82, 2.24) is 9.55 Å². The first-order valence-corrected chi connectivity index (χ1v) is 9.03. The smallest absolute Gasteiger partial charge is 0.274 e. The zero-order valence-corrected chi connectivity index (χ0v) is 15.6. The molecule has 2 aromatic heterocycles. The van der Waals surface area contributed by atoms with E-state index in [9.17, 15) is 14.7 Å². The van der Waals surface area contributed by atoms with Gasteiger partial charge in [-0.2, -0.15) is 0 Å². The second kappa shape index (κ2) is 6.39. The minimum absolute atomic E-state index is 0.0470. The quantitative estimate of drug-likeness (QED) is 0.746. The topological polar surface area (TPSA) is 84.3 Å². The number of carbonyl (C=O) groups excluding carboxylic acids is 1. The molecule has 0 bridgehead atoms. The molecule has 0 radical (unpaired) electrons. The van der Waals surface area contributed by atoms with Crippen LogP contribution in [0.5, 0.6) is 5.75 Å². The van der Waals surface area contributed by atoms with Crippen LogP contribution in [-0.4, -0.2) is 26.5 Å². The van der Waals surface area contributed by atoms with Gasteiger partial charge in [-0.25, -0.2) is 0 Å². The Morgan fingerprint density at radius 3 is 2.78 bits per heavy atom. The van der Waals surface area contributed by atoms with Crippen LogP contribution in [0.3, 0.4) is 0 Å². The van der Waals surface area contributed by atoms with Crippen molar-refractivity contribution in [1.29, 1.82) is 0 Å². The Morgan fingerprint density at radius 1 is 1.30 bits per heavy atom. The molecular formula is C21H22N2O4. The summed E-state index contributed by atoms with van der Waals surface area (Å²) in [5, 5.41) is 10.5. The fourth-order valence-corrected chi connectivity index (χ4v) is 3.79. The van der Waals surface area contributed by atoms with Gasteiger partial charge in [0.1, 0.15) is 11.3 Å². The Kier molecular flexibility index (Phi) is 4.15. The number of benzene rings is 1. The summed E-state index contributed by atoms with van der Waals surface area (Å²) in [6.45, 7) is 3.79. The molecule has 0 fully saturated rings. The fraction of sp³-hybridized carbons (Fsp3) is 0.333. The molecule has 0 aliphatic carbocycles. The molecule has 1 unspecified atom stereocenters. The number of rotatable bonds is 3. The van der Waals surface area contributed by atoms with Crippen LogP contribution in [0.25, 0.3) is 22.0 Å². The highest BCUT2D eigenvalue weighted by Gasteiger charge is 2.32. The van der Waals surface area contributed by atoms with E-state index in [1.807, 2.05) is 32.0 Å². The Labute approximate surface area is 156 Å². The lowest BCUT2D eigenvalue weighted by molar-refractivity contribution is -0.128. The van der Waals surface area contributed by atoms with Gasteiger partial charge in [0, 0.05) is 47.9 Å². The van der Waals surface area contributed by atoms with Crippen LogP contribution in [0.1, 0.15) is 25.0 Å². The average molecular weight is 366 g/mol. The highest BCUT2D eigenvalue weighted by Crippen LogP contribution is 2.41. The molecule has 140 valence electrons. The maximum absolute atomic E-state index is 12.5. The van der Waals surface area contributed by atoms with Crippen molar-refractivity contribution in [2.45, 2.75) is 33.0 Å². The van der Waals surface area contributed by atoms with E-state index in [0.29, 0.717) is 16.8 Å². The van der Waals surface area contributed by atoms with Crippen molar-refractivity contribution < 1.29 is 14.6 Å². The summed E-state index contributed by atoms with van der Waals surface area (Å²) >= 11 is 0. The molecule has 2 N–H and O–H groups in total. The second-order valence-corrected chi connectivity index (χ2v) is 7.44. The van der Waals surface area contributed by atoms with Crippen LogP contribution in [-0.2, 0) is 24.9 Å². The normalized spacial score (nSPS) is 16.6. The lowest BCUT2D eigenvalue weighted by Gasteiger charge is -2.30. The van der Waals surface area contributed by atoms with Gasteiger partial charge in [0.2, 0.25) is 0 Å². The van der Waals surface area contributed by atoms with Crippen molar-refractivity contribution in [2.24, 2.45) is 13.0 Å². The molecule has 0 saturated heterocycles. The third-order valence-corrected chi connectivity index (χ3v) is 5.12. The first-order chi connectivity index (χ1) is 12.9. The lowest BCUT2D eigenvalue weighted by atomic mass is 9.89. The van der Waals surface area contributed by atoms with Gasteiger partial charge in [0.15, 0.2) is 11.9 Å². The summed E-state index contributed by atoms with van der Waals surface area (Å²) in [6, 6.07) is 5.56. The fourth-order valence-electron chi connectivity index (χ4n) is 3.79. The third kappa shape index (κ3) is 2.77. The number of carbonyl (C=O) groups is 1. The number of aryl methyl sites for hydroxylation is 1. The molecule has 0 spiro atoms. The average Bonchev–Trinajstić information content (AvgIpc) is 3.13. The minimum atomic E-state index is -0.495. The Hall–Kier alpha value is -2.86. The number of pyridine rings is 1. The summed E-state index contributed by atoms with van der Waals surface area (Å²) in [4.78, 5) is 27.9. The van der Waals surface area contributed by atoms with Crippen molar-refractivity contribution in [3.8, 4) is 16.9 Å². The summed E-state index contributed by atoms with van der Waals surface area (Å²) in [5.41, 5.74) is 3.51. The standard InChI is InChI=1S/C21H22N2O4/c1-11(2)19-17(25)8-13-6-12(10-24)7-15(20(13)27-19)16-9-23(3)21(26)18-14(16)4-5-22-18/h4-7,9,11,19,22,24H,8,10H2,1-3H3. The van der Waals surface area contributed by atoms with Gasteiger partial charge in [-0.15, -0.1) is 0 Å². The maximum Gasteiger partial charge on any atom is 0.274 e. The molecule has 0 saturated carbocycles. The van der Waals surface area contributed by atoms with E-state index in [1.165, 1.54) is 4.57 Å². The first kappa shape index (κ1) is 17.5. The van der Waals surface area contributed by atoms with E-state index in [0.717, 1.165) is 22.1 Å². The largest absolute Gasteiger partial charge is 0.481 e. The molecule has 3 heterocycles. The monoisotopic (exact) mass is 366 g/mol. The van der Waals surface area contributed by atoms with Gasteiger partial charge >= 0.3 is 0 Å². The van der Waals surface area contributed by atoms with Crippen LogP contribution < -0.4 is 10.3 Å². The van der Waals surface area contributed by atoms with Crippen molar-refractivity contribution in [3.05, 3.63) is 52.1 Å². The van der Waals surface area contributed by atoms with Crippen LogP contribution in [0.15, 0.2) is 35.4 Å². The van der Waals surface area contributed by atoms with E-state index in [1.54, 1.807) is 19.4 Å². The van der Waals surface area contributed by atoms with E-state index < -0.39 is 6.10 Å². The van der Waals surface area contributed by atoms with E-state index in [2.05, 4.69) is 4.98 Å². The number of aromatic amines is 1. The molecule has 1 aliphatic rings. The molecule has 1 atom stereocenters. The lowest BCUT2D eigenvalue weighted by Crippen LogP contribution is -2.37. The van der Waals surface area contributed by atoms with Gasteiger partial charge in [-0.3, -0.25) is 9.59 Å². The Bertz CT molecular complexity index is 1110. The molecule has 6 nitrogen and oxygen atoms in total. The highest BCUT2D eigenvalue weighted by molar-refractivity contribution is 5.97. The number of ether oxygens (including phenoxy) is 1. The van der Waals surface area contributed by atoms with Gasteiger partial charge in [0.05, 0.1) is 6.61 Å².